The summed E-state index contributed by atoms with van der Waals surface area (Å²) in [5.74, 6) is 0. The van der Waals surface area contributed by atoms with Crippen molar-refractivity contribution in [3.63, 3.8) is 0 Å². The summed E-state index contributed by atoms with van der Waals surface area (Å²) in [5.41, 5.74) is 8.19. The van der Waals surface area contributed by atoms with Gasteiger partial charge in [0.2, 0.25) is 0 Å². The van der Waals surface area contributed by atoms with Gasteiger partial charge in [-0.3, -0.25) is 0 Å². The highest BCUT2D eigenvalue weighted by molar-refractivity contribution is 6.23. The van der Waals surface area contributed by atoms with Crippen molar-refractivity contribution >= 4 is 37.9 Å². The van der Waals surface area contributed by atoms with Crippen molar-refractivity contribution < 1.29 is 0 Å². The fraction of sp³-hybridized carbons (Fsp3) is 0.139. The number of rotatable bonds is 1. The summed E-state index contributed by atoms with van der Waals surface area (Å²) in [5, 5.41) is 8.23. The third kappa shape index (κ3) is 6.11. The molecule has 0 heterocycles. The van der Waals surface area contributed by atoms with Gasteiger partial charge in [0, 0.05) is 0 Å². The number of benzene rings is 5. The number of allylic oxidation sites excluding steroid dienone is 5. The van der Waals surface area contributed by atoms with Crippen LogP contribution in [0.5, 0.6) is 0 Å². The molecular weight excluding hydrogens is 432 g/mol. The zero-order valence-electron chi connectivity index (χ0n) is 22.0. The summed E-state index contributed by atoms with van der Waals surface area (Å²) in [6.45, 7) is 14.5. The molecule has 5 aromatic rings. The average Bonchev–Trinajstić information content (AvgIpc) is 3.15. The van der Waals surface area contributed by atoms with Crippen molar-refractivity contribution in [2.75, 3.05) is 0 Å². The average molecular weight is 469 g/mol. The van der Waals surface area contributed by atoms with Crippen molar-refractivity contribution in [2.24, 2.45) is 0 Å². The Bertz CT molecular complexity index is 1520. The third-order valence-electron chi connectivity index (χ3n) is 5.93. The maximum absolute atomic E-state index is 3.16. The molecule has 0 aliphatic heterocycles. The van der Waals surface area contributed by atoms with E-state index in [9.17, 15) is 0 Å². The Morgan fingerprint density at radius 2 is 1.19 bits per heavy atom. The first-order chi connectivity index (χ1) is 17.6. The molecule has 0 saturated carbocycles. The van der Waals surface area contributed by atoms with Crippen molar-refractivity contribution in [1.82, 2.24) is 0 Å². The molecule has 0 spiro atoms. The molecule has 0 aromatic heterocycles. The summed E-state index contributed by atoms with van der Waals surface area (Å²) in [6, 6.07) is 30.2. The first-order valence-electron chi connectivity index (χ1n) is 12.6. The molecule has 0 atom stereocenters. The first-order valence-corrected chi connectivity index (χ1v) is 12.6. The Morgan fingerprint density at radius 1 is 0.611 bits per heavy atom. The van der Waals surface area contributed by atoms with Gasteiger partial charge in [-0.15, -0.1) is 18.9 Å². The van der Waals surface area contributed by atoms with Gasteiger partial charge < -0.3 is 0 Å². The lowest BCUT2D eigenvalue weighted by molar-refractivity contribution is 1.09. The Morgan fingerprint density at radius 3 is 1.86 bits per heavy atom. The van der Waals surface area contributed by atoms with Crippen LogP contribution in [0, 0.1) is 6.92 Å². The molecule has 0 bridgehead atoms. The van der Waals surface area contributed by atoms with E-state index in [4.69, 9.17) is 0 Å². The molecule has 0 nitrogen and oxygen atoms in total. The molecule has 1 aliphatic carbocycles. The van der Waals surface area contributed by atoms with Gasteiger partial charge in [0.05, 0.1) is 0 Å². The van der Waals surface area contributed by atoms with E-state index < -0.39 is 0 Å². The van der Waals surface area contributed by atoms with Gasteiger partial charge in [-0.2, -0.15) is 0 Å². The summed E-state index contributed by atoms with van der Waals surface area (Å²) in [4.78, 5) is 0. The van der Waals surface area contributed by atoms with E-state index in [-0.39, 0.29) is 0 Å². The largest absolute Gasteiger partial charge is 0.120 e. The first kappa shape index (κ1) is 26.5. The Labute approximate surface area is 216 Å². The van der Waals surface area contributed by atoms with Crippen LogP contribution in [0.3, 0.4) is 0 Å². The van der Waals surface area contributed by atoms with Gasteiger partial charge in [-0.05, 0) is 80.6 Å². The van der Waals surface area contributed by atoms with E-state index in [2.05, 4.69) is 138 Å². The minimum atomic E-state index is 1.21. The van der Waals surface area contributed by atoms with E-state index in [1.54, 1.807) is 0 Å². The molecular formula is C36H36. The lowest BCUT2D eigenvalue weighted by Crippen LogP contribution is -1.85. The topological polar surface area (TPSA) is 0 Å². The van der Waals surface area contributed by atoms with E-state index >= 15 is 0 Å². The van der Waals surface area contributed by atoms with Gasteiger partial charge in [0.1, 0.15) is 0 Å². The highest BCUT2D eigenvalue weighted by Gasteiger charge is 2.08. The van der Waals surface area contributed by atoms with Crippen LogP contribution < -0.4 is 0 Å². The number of aryl methyl sites for hydroxylation is 1. The Balaban J connectivity index is 0.000000173. The van der Waals surface area contributed by atoms with E-state index in [0.29, 0.717) is 0 Å². The highest BCUT2D eigenvalue weighted by Crippen LogP contribution is 2.35. The SMILES string of the molecule is C=C.CC1=CC=C(c2ccccc2)C=C=C1.CCC.Cc1ccc2ccc3cccc4ccc1c2c34. The van der Waals surface area contributed by atoms with E-state index in [1.807, 2.05) is 18.2 Å². The van der Waals surface area contributed by atoms with E-state index in [1.165, 1.54) is 61.0 Å². The van der Waals surface area contributed by atoms with Crippen LogP contribution >= 0.6 is 0 Å². The number of hydrogen-bond donors (Lipinski definition) is 0. The van der Waals surface area contributed by atoms with Crippen molar-refractivity contribution in [2.45, 2.75) is 34.1 Å². The Hall–Kier alpha value is -4.12. The van der Waals surface area contributed by atoms with Crippen LogP contribution in [0.4, 0.5) is 0 Å². The van der Waals surface area contributed by atoms with Gasteiger partial charge in [-0.1, -0.05) is 117 Å². The second kappa shape index (κ2) is 13.1. The second-order valence-electron chi connectivity index (χ2n) is 8.80. The molecule has 0 fully saturated rings. The molecule has 0 heteroatoms. The van der Waals surface area contributed by atoms with Crippen molar-refractivity contribution in [1.29, 1.82) is 0 Å². The number of hydrogen-bond acceptors (Lipinski definition) is 0. The minimum Gasteiger partial charge on any atom is -0.120 e. The van der Waals surface area contributed by atoms with Crippen LogP contribution in [0.2, 0.25) is 0 Å². The molecule has 36 heavy (non-hydrogen) atoms. The quantitative estimate of drug-likeness (QED) is 0.130. The minimum absolute atomic E-state index is 1.21. The molecule has 6 rings (SSSR count). The zero-order chi connectivity index (χ0) is 25.9. The molecule has 180 valence electrons. The van der Waals surface area contributed by atoms with E-state index in [0.717, 1.165) is 0 Å². The van der Waals surface area contributed by atoms with Crippen LogP contribution in [0.25, 0.3) is 37.9 Å². The lowest BCUT2D eigenvalue weighted by Gasteiger charge is -2.11. The second-order valence-corrected chi connectivity index (χ2v) is 8.80. The fourth-order valence-electron chi connectivity index (χ4n) is 4.27. The smallest absolute Gasteiger partial charge is 0.00241 e. The molecule has 1 aliphatic rings. The summed E-state index contributed by atoms with van der Waals surface area (Å²) in [7, 11) is 0. The Kier molecular flexibility index (Phi) is 9.64. The zero-order valence-corrected chi connectivity index (χ0v) is 22.0. The predicted octanol–water partition coefficient (Wildman–Crippen LogP) is 10.9. The lowest BCUT2D eigenvalue weighted by atomic mass is 9.92. The van der Waals surface area contributed by atoms with Gasteiger partial charge in [0.25, 0.3) is 0 Å². The van der Waals surface area contributed by atoms with Crippen molar-refractivity contribution in [3.8, 4) is 0 Å². The molecule has 0 radical (unpaired) electrons. The normalized spacial score (nSPS) is 11.9. The summed E-state index contributed by atoms with van der Waals surface area (Å²) in [6.07, 6.45) is 9.49. The summed E-state index contributed by atoms with van der Waals surface area (Å²) >= 11 is 0. The van der Waals surface area contributed by atoms with Gasteiger partial charge >= 0.3 is 0 Å². The van der Waals surface area contributed by atoms with Crippen LogP contribution in [0.15, 0.2) is 134 Å². The molecule has 0 amide bonds. The van der Waals surface area contributed by atoms with Crippen LogP contribution in [-0.2, 0) is 0 Å². The molecule has 5 aromatic carbocycles. The monoisotopic (exact) mass is 468 g/mol. The van der Waals surface area contributed by atoms with Crippen molar-refractivity contribution in [3.05, 3.63) is 145 Å². The van der Waals surface area contributed by atoms with Crippen LogP contribution in [-0.4, -0.2) is 0 Å². The summed E-state index contributed by atoms with van der Waals surface area (Å²) < 4.78 is 0. The molecule has 0 N–H and O–H groups in total. The van der Waals surface area contributed by atoms with Gasteiger partial charge in [0.15, 0.2) is 0 Å². The predicted molar refractivity (Wildman–Crippen MR) is 163 cm³/mol. The highest BCUT2D eigenvalue weighted by atomic mass is 14.1. The molecule has 0 saturated heterocycles. The maximum Gasteiger partial charge on any atom is -0.00241 e. The molecule has 0 unspecified atom stereocenters. The standard InChI is InChI=1S/C17H12.C14H12.C3H8.C2H4/c1-11-5-6-14-8-7-12-3-2-4-13-9-10-15(11)17(14)16(12)13;1-12-6-5-9-14(11-10-12)13-7-3-2-4-8-13;1-3-2;1-2/h2-10H,1H3;2-4,6-11H,1H3;3H2,1-2H3;1-2H2. The maximum atomic E-state index is 3.16. The fourth-order valence-corrected chi connectivity index (χ4v) is 4.27. The third-order valence-corrected chi connectivity index (χ3v) is 5.93. The van der Waals surface area contributed by atoms with Gasteiger partial charge in [-0.25, -0.2) is 0 Å². The van der Waals surface area contributed by atoms with Crippen LogP contribution in [0.1, 0.15) is 38.3 Å².